The molecule has 0 atom stereocenters. The van der Waals surface area contributed by atoms with E-state index in [1.807, 2.05) is 18.2 Å². The van der Waals surface area contributed by atoms with Crippen molar-refractivity contribution in [3.63, 3.8) is 0 Å². The second-order valence-corrected chi connectivity index (χ2v) is 9.17. The summed E-state index contributed by atoms with van der Waals surface area (Å²) in [5, 5.41) is 0. The Labute approximate surface area is 191 Å². The Hall–Kier alpha value is -3.91. The predicted octanol–water partition coefficient (Wildman–Crippen LogP) is 4.58. The van der Waals surface area contributed by atoms with Crippen LogP contribution in [0.3, 0.4) is 0 Å². The van der Waals surface area contributed by atoms with Crippen molar-refractivity contribution in [3.05, 3.63) is 114 Å². The molecule has 0 saturated carbocycles. The van der Waals surface area contributed by atoms with E-state index in [0.717, 1.165) is 11.3 Å². The van der Waals surface area contributed by atoms with Crippen molar-refractivity contribution < 1.29 is 27.1 Å². The van der Waals surface area contributed by atoms with Gasteiger partial charge in [0.25, 0.3) is 0 Å². The molecule has 2 aromatic carbocycles. The van der Waals surface area contributed by atoms with E-state index in [-0.39, 0.29) is 28.6 Å². The van der Waals surface area contributed by atoms with Crippen LogP contribution < -0.4 is 4.74 Å². The van der Waals surface area contributed by atoms with E-state index in [1.165, 1.54) is 24.5 Å². The minimum Gasteiger partial charge on any atom is -0.487 e. The van der Waals surface area contributed by atoms with Crippen molar-refractivity contribution in [2.75, 3.05) is 0 Å². The van der Waals surface area contributed by atoms with Gasteiger partial charge in [-0.1, -0.05) is 36.4 Å². The molecule has 0 saturated heterocycles. The predicted molar refractivity (Wildman–Crippen MR) is 120 cm³/mol. The Bertz CT molecular complexity index is 1300. The van der Waals surface area contributed by atoms with Gasteiger partial charge in [0.05, 0.1) is 22.6 Å². The topological polar surface area (TPSA) is 95.7 Å². The SMILES string of the molecule is O=C(OCc1ccc(OCc2ccccn2)cc1)c1occc1CS(=O)(=O)c1ccccc1. The van der Waals surface area contributed by atoms with Crippen LogP contribution >= 0.6 is 0 Å². The van der Waals surface area contributed by atoms with Crippen molar-refractivity contribution in [1.82, 2.24) is 4.98 Å². The third-order valence-electron chi connectivity index (χ3n) is 4.79. The average Bonchev–Trinajstić information content (AvgIpc) is 3.30. The van der Waals surface area contributed by atoms with Crippen molar-refractivity contribution in [1.29, 1.82) is 0 Å². The summed E-state index contributed by atoms with van der Waals surface area (Å²) in [6, 6.07) is 22.2. The summed E-state index contributed by atoms with van der Waals surface area (Å²) in [6.45, 7) is 0.354. The van der Waals surface area contributed by atoms with Gasteiger partial charge in [-0.05, 0) is 48.0 Å². The number of hydrogen-bond acceptors (Lipinski definition) is 7. The molecule has 0 spiro atoms. The minimum absolute atomic E-state index is 0.00489. The summed E-state index contributed by atoms with van der Waals surface area (Å²) in [6.07, 6.45) is 2.98. The summed E-state index contributed by atoms with van der Waals surface area (Å²) in [4.78, 5) is 16.9. The van der Waals surface area contributed by atoms with Gasteiger partial charge in [0.2, 0.25) is 5.76 Å². The molecule has 0 bridgehead atoms. The number of carbonyl (C=O) groups is 1. The van der Waals surface area contributed by atoms with Gasteiger partial charge in [-0.2, -0.15) is 0 Å². The zero-order valence-corrected chi connectivity index (χ0v) is 18.4. The first kappa shape index (κ1) is 22.3. The third kappa shape index (κ3) is 5.87. The number of furan rings is 1. The molecular weight excluding hydrogens is 442 g/mol. The number of hydrogen-bond donors (Lipinski definition) is 0. The van der Waals surface area contributed by atoms with Crippen LogP contribution in [0.15, 0.2) is 101 Å². The number of rotatable bonds is 9. The molecule has 4 rings (SSSR count). The second kappa shape index (κ2) is 10.1. The highest BCUT2D eigenvalue weighted by Crippen LogP contribution is 2.21. The lowest BCUT2D eigenvalue weighted by Crippen LogP contribution is -2.10. The van der Waals surface area contributed by atoms with Crippen molar-refractivity contribution in [3.8, 4) is 5.75 Å². The van der Waals surface area contributed by atoms with Gasteiger partial charge < -0.3 is 13.9 Å². The summed E-state index contributed by atoms with van der Waals surface area (Å²) in [5.74, 6) is -0.547. The van der Waals surface area contributed by atoms with Gasteiger partial charge >= 0.3 is 5.97 Å². The molecule has 0 radical (unpaired) electrons. The Balaban J connectivity index is 1.34. The van der Waals surface area contributed by atoms with Crippen molar-refractivity contribution in [2.24, 2.45) is 0 Å². The molecule has 7 nitrogen and oxygen atoms in total. The number of aromatic nitrogens is 1. The van der Waals surface area contributed by atoms with Crippen molar-refractivity contribution in [2.45, 2.75) is 23.9 Å². The van der Waals surface area contributed by atoms with E-state index in [1.54, 1.807) is 48.7 Å². The summed E-state index contributed by atoms with van der Waals surface area (Å²) >= 11 is 0. The van der Waals surface area contributed by atoms with E-state index < -0.39 is 15.8 Å². The number of sulfone groups is 1. The fraction of sp³-hybridized carbons (Fsp3) is 0.120. The average molecular weight is 464 g/mol. The van der Waals surface area contributed by atoms with Gasteiger partial charge in [-0.3, -0.25) is 4.98 Å². The largest absolute Gasteiger partial charge is 0.487 e. The van der Waals surface area contributed by atoms with E-state index in [9.17, 15) is 13.2 Å². The molecule has 2 heterocycles. The number of carbonyl (C=O) groups excluding carboxylic acids is 1. The van der Waals surface area contributed by atoms with E-state index in [0.29, 0.717) is 12.4 Å². The molecule has 0 fully saturated rings. The summed E-state index contributed by atoms with van der Waals surface area (Å²) in [5.41, 5.74) is 1.82. The first-order valence-electron chi connectivity index (χ1n) is 10.1. The molecule has 4 aromatic rings. The highest BCUT2D eigenvalue weighted by atomic mass is 32.2. The molecule has 2 aromatic heterocycles. The van der Waals surface area contributed by atoms with Crippen LogP contribution in [0, 0.1) is 0 Å². The lowest BCUT2D eigenvalue weighted by atomic mass is 10.2. The summed E-state index contributed by atoms with van der Waals surface area (Å²) < 4.78 is 41.5. The van der Waals surface area contributed by atoms with Crippen LogP contribution in [-0.4, -0.2) is 19.4 Å². The quantitative estimate of drug-likeness (QED) is 0.335. The zero-order valence-electron chi connectivity index (χ0n) is 17.6. The fourth-order valence-corrected chi connectivity index (χ4v) is 4.46. The molecular formula is C25H21NO6S. The van der Waals surface area contributed by atoms with Crippen LogP contribution in [0.5, 0.6) is 5.75 Å². The molecule has 0 aliphatic carbocycles. The van der Waals surface area contributed by atoms with Crippen LogP contribution in [-0.2, 0) is 33.5 Å². The Morgan fingerprint density at radius 2 is 1.64 bits per heavy atom. The van der Waals surface area contributed by atoms with Gasteiger partial charge in [0.1, 0.15) is 19.0 Å². The number of nitrogens with zero attached hydrogens (tertiary/aromatic N) is 1. The van der Waals surface area contributed by atoms with Gasteiger partial charge in [-0.15, -0.1) is 0 Å². The van der Waals surface area contributed by atoms with E-state index in [4.69, 9.17) is 13.9 Å². The van der Waals surface area contributed by atoms with Crippen LogP contribution in [0.4, 0.5) is 0 Å². The number of pyridine rings is 1. The lowest BCUT2D eigenvalue weighted by Gasteiger charge is -2.08. The molecule has 0 N–H and O–H groups in total. The molecule has 0 amide bonds. The van der Waals surface area contributed by atoms with E-state index >= 15 is 0 Å². The molecule has 33 heavy (non-hydrogen) atoms. The number of esters is 1. The van der Waals surface area contributed by atoms with E-state index in [2.05, 4.69) is 4.98 Å². The van der Waals surface area contributed by atoms with Crippen molar-refractivity contribution >= 4 is 15.8 Å². The molecule has 168 valence electrons. The first-order chi connectivity index (χ1) is 16.0. The molecule has 0 unspecified atom stereocenters. The third-order valence-corrected chi connectivity index (χ3v) is 6.47. The fourth-order valence-electron chi connectivity index (χ4n) is 3.08. The highest BCUT2D eigenvalue weighted by Gasteiger charge is 2.23. The summed E-state index contributed by atoms with van der Waals surface area (Å²) in [7, 11) is -3.62. The van der Waals surface area contributed by atoms with Gasteiger partial charge in [0, 0.05) is 11.8 Å². The standard InChI is InChI=1S/C25H21NO6S/c27-25(24-20(13-15-30-24)18-33(28,29)23-7-2-1-3-8-23)32-16-19-9-11-22(12-10-19)31-17-21-6-4-5-14-26-21/h1-15H,16-18H2. The molecule has 0 aliphatic rings. The monoisotopic (exact) mass is 463 g/mol. The van der Waals surface area contributed by atoms with Crippen LogP contribution in [0.25, 0.3) is 0 Å². The van der Waals surface area contributed by atoms with Crippen LogP contribution in [0.1, 0.15) is 27.4 Å². The minimum atomic E-state index is -3.62. The second-order valence-electron chi connectivity index (χ2n) is 7.18. The maximum absolute atomic E-state index is 12.6. The Morgan fingerprint density at radius 3 is 2.36 bits per heavy atom. The lowest BCUT2D eigenvalue weighted by molar-refractivity contribution is 0.0435. The van der Waals surface area contributed by atoms with Gasteiger partial charge in [-0.25, -0.2) is 13.2 Å². The van der Waals surface area contributed by atoms with Gasteiger partial charge in [0.15, 0.2) is 9.84 Å². The smallest absolute Gasteiger partial charge is 0.374 e. The molecule has 0 aliphatic heterocycles. The maximum atomic E-state index is 12.6. The van der Waals surface area contributed by atoms with Crippen LogP contribution in [0.2, 0.25) is 0 Å². The molecule has 8 heteroatoms. The Morgan fingerprint density at radius 1 is 0.879 bits per heavy atom. The number of benzene rings is 2. The maximum Gasteiger partial charge on any atom is 0.374 e. The Kier molecular flexibility index (Phi) is 6.85. The number of ether oxygens (including phenoxy) is 2. The first-order valence-corrected chi connectivity index (χ1v) is 11.8. The normalized spacial score (nSPS) is 11.2. The highest BCUT2D eigenvalue weighted by molar-refractivity contribution is 7.90. The zero-order chi connectivity index (χ0) is 23.1.